The van der Waals surface area contributed by atoms with Crippen LogP contribution >= 0.6 is 11.6 Å². The normalized spacial score (nSPS) is 11.9. The molecule has 0 radical (unpaired) electrons. The molecule has 0 bridgehead atoms. The largest absolute Gasteiger partial charge is 0.463 e. The first-order chi connectivity index (χ1) is 13.2. The Hall–Kier alpha value is -2.88. The number of hydrogen-bond donors (Lipinski definition) is 0. The molecule has 0 atom stereocenters. The number of hydrogen-bond acceptors (Lipinski definition) is 9. The summed E-state index contributed by atoms with van der Waals surface area (Å²) in [6.45, 7) is 9.83. The molecule has 0 unspecified atom stereocenters. The fraction of sp³-hybridized carbons (Fsp3) is 0.500. The van der Waals surface area contributed by atoms with Gasteiger partial charge in [0, 0.05) is 6.07 Å². The monoisotopic (exact) mass is 427 g/mol. The van der Waals surface area contributed by atoms with Crippen LogP contribution in [0, 0.1) is 0 Å². The average Bonchev–Trinajstić information content (AvgIpc) is 2.94. The van der Waals surface area contributed by atoms with Crippen molar-refractivity contribution in [2.24, 2.45) is 0 Å². The smallest absolute Gasteiger partial charge is 0.424 e. The van der Waals surface area contributed by atoms with Gasteiger partial charge in [0.1, 0.15) is 21.9 Å². The van der Waals surface area contributed by atoms with Gasteiger partial charge in [0.15, 0.2) is 5.52 Å². The van der Waals surface area contributed by atoms with Crippen molar-refractivity contribution in [3.63, 3.8) is 0 Å². The topological polar surface area (TPSA) is 121 Å². The molecule has 2 aromatic rings. The highest BCUT2D eigenvalue weighted by atomic mass is 35.5. The van der Waals surface area contributed by atoms with Crippen molar-refractivity contribution in [3.8, 4) is 0 Å². The Balaban J connectivity index is 2.68. The zero-order valence-corrected chi connectivity index (χ0v) is 17.9. The van der Waals surface area contributed by atoms with Gasteiger partial charge in [-0.1, -0.05) is 16.8 Å². The van der Waals surface area contributed by atoms with E-state index in [-0.39, 0.29) is 27.6 Å². The van der Waals surface area contributed by atoms with Crippen LogP contribution < -0.4 is 4.90 Å². The maximum atomic E-state index is 12.8. The number of methoxy groups -OCH3 is 1. The van der Waals surface area contributed by atoms with Gasteiger partial charge < -0.3 is 18.7 Å². The highest BCUT2D eigenvalue weighted by Gasteiger charge is 2.36. The highest BCUT2D eigenvalue weighted by Crippen LogP contribution is 2.32. The molecule has 2 aromatic heterocycles. The third kappa shape index (κ3) is 5.35. The van der Waals surface area contributed by atoms with Crippen LogP contribution in [0.5, 0.6) is 0 Å². The van der Waals surface area contributed by atoms with E-state index in [1.165, 1.54) is 6.07 Å². The quantitative estimate of drug-likeness (QED) is 0.391. The van der Waals surface area contributed by atoms with Gasteiger partial charge in [0.2, 0.25) is 0 Å². The minimum absolute atomic E-state index is 0.0773. The number of esters is 1. The Labute approximate surface area is 172 Å². The number of carbonyl (C=O) groups excluding carboxylic acids is 3. The lowest BCUT2D eigenvalue weighted by molar-refractivity contribution is 0.0429. The number of anilines is 1. The SMILES string of the molecule is COC(=O)c1onc2c(N(C(=O)OC(C)(C)C)C(=O)OC(C)(C)C)cc(Cl)nc12. The van der Waals surface area contributed by atoms with Crippen LogP contribution in [0.25, 0.3) is 11.0 Å². The van der Waals surface area contributed by atoms with Crippen LogP contribution in [0.4, 0.5) is 15.3 Å². The van der Waals surface area contributed by atoms with Gasteiger partial charge in [0.05, 0.1) is 12.8 Å². The van der Waals surface area contributed by atoms with E-state index >= 15 is 0 Å². The van der Waals surface area contributed by atoms with E-state index in [4.69, 9.17) is 25.6 Å². The molecule has 10 nitrogen and oxygen atoms in total. The number of pyridine rings is 1. The summed E-state index contributed by atoms with van der Waals surface area (Å²) < 4.78 is 20.3. The summed E-state index contributed by atoms with van der Waals surface area (Å²) in [6.07, 6.45) is -2.06. The number of halogens is 1. The summed E-state index contributed by atoms with van der Waals surface area (Å²) >= 11 is 6.06. The number of aromatic nitrogens is 2. The second kappa shape index (κ2) is 7.86. The fourth-order valence-electron chi connectivity index (χ4n) is 2.16. The molecule has 0 aliphatic rings. The van der Waals surface area contributed by atoms with Gasteiger partial charge in [0.25, 0.3) is 5.76 Å². The summed E-state index contributed by atoms with van der Waals surface area (Å²) in [5.41, 5.74) is -2.10. The molecule has 0 N–H and O–H groups in total. The number of fused-ring (bicyclic) bond motifs is 1. The van der Waals surface area contributed by atoms with Crippen LogP contribution in [-0.4, -0.2) is 46.6 Å². The first-order valence-corrected chi connectivity index (χ1v) is 8.91. The van der Waals surface area contributed by atoms with Crippen molar-refractivity contribution in [1.29, 1.82) is 0 Å². The Morgan fingerprint density at radius 2 is 1.52 bits per heavy atom. The van der Waals surface area contributed by atoms with Gasteiger partial charge in [-0.15, -0.1) is 0 Å². The van der Waals surface area contributed by atoms with Crippen molar-refractivity contribution < 1.29 is 33.1 Å². The Morgan fingerprint density at radius 1 is 1.00 bits per heavy atom. The maximum Gasteiger partial charge on any atom is 0.424 e. The zero-order chi connectivity index (χ0) is 22.1. The first kappa shape index (κ1) is 22.4. The van der Waals surface area contributed by atoms with Crippen LogP contribution in [0.1, 0.15) is 52.1 Å². The molecule has 0 fully saturated rings. The number of rotatable bonds is 2. The molecule has 0 saturated heterocycles. The molecular weight excluding hydrogens is 406 g/mol. The van der Waals surface area contributed by atoms with Crippen molar-refractivity contribution in [2.75, 3.05) is 12.0 Å². The average molecular weight is 428 g/mol. The second-order valence-corrected chi connectivity index (χ2v) is 8.35. The van der Waals surface area contributed by atoms with Crippen molar-refractivity contribution in [2.45, 2.75) is 52.7 Å². The summed E-state index contributed by atoms with van der Waals surface area (Å²) in [5.74, 6) is -1.19. The zero-order valence-electron chi connectivity index (χ0n) is 17.2. The molecule has 29 heavy (non-hydrogen) atoms. The van der Waals surface area contributed by atoms with Gasteiger partial charge in [-0.25, -0.2) is 19.4 Å². The van der Waals surface area contributed by atoms with E-state index in [0.29, 0.717) is 4.90 Å². The van der Waals surface area contributed by atoms with E-state index in [0.717, 1.165) is 7.11 Å². The lowest BCUT2D eigenvalue weighted by atomic mass is 10.2. The molecular formula is C18H22ClN3O7. The molecule has 0 spiro atoms. The number of ether oxygens (including phenoxy) is 3. The Bertz CT molecular complexity index is 929. The molecule has 2 amide bonds. The molecule has 0 aromatic carbocycles. The lowest BCUT2D eigenvalue weighted by Gasteiger charge is -2.28. The van der Waals surface area contributed by atoms with E-state index in [9.17, 15) is 14.4 Å². The third-order valence-corrected chi connectivity index (χ3v) is 3.34. The summed E-state index contributed by atoms with van der Waals surface area (Å²) in [4.78, 5) is 42.2. The van der Waals surface area contributed by atoms with Crippen molar-refractivity contribution in [1.82, 2.24) is 10.1 Å². The van der Waals surface area contributed by atoms with Crippen molar-refractivity contribution >= 4 is 46.5 Å². The van der Waals surface area contributed by atoms with Crippen LogP contribution in [0.3, 0.4) is 0 Å². The molecule has 11 heteroatoms. The number of nitrogens with zero attached hydrogens (tertiary/aromatic N) is 3. The Morgan fingerprint density at radius 3 is 1.97 bits per heavy atom. The van der Waals surface area contributed by atoms with Crippen molar-refractivity contribution in [3.05, 3.63) is 17.0 Å². The van der Waals surface area contributed by atoms with Gasteiger partial charge in [-0.05, 0) is 41.5 Å². The molecule has 0 saturated carbocycles. The number of carbonyl (C=O) groups is 3. The third-order valence-electron chi connectivity index (χ3n) is 3.15. The van der Waals surface area contributed by atoms with E-state index in [2.05, 4.69) is 14.9 Å². The summed E-state index contributed by atoms with van der Waals surface area (Å²) in [7, 11) is 1.15. The predicted molar refractivity (Wildman–Crippen MR) is 103 cm³/mol. The molecule has 0 aliphatic carbocycles. The Kier molecular flexibility index (Phi) is 6.07. The standard InChI is InChI=1S/C18H22ClN3O7/c1-17(2,3)27-15(24)22(16(25)28-18(4,5)6)9-8-10(19)20-12-11(9)21-29-13(12)14(23)26-7/h8H,1-7H3. The minimum Gasteiger partial charge on any atom is -0.463 e. The molecule has 0 aliphatic heterocycles. The second-order valence-electron chi connectivity index (χ2n) is 7.96. The van der Waals surface area contributed by atoms with E-state index in [1.54, 1.807) is 41.5 Å². The molecule has 158 valence electrons. The van der Waals surface area contributed by atoms with Crippen LogP contribution in [-0.2, 0) is 14.2 Å². The van der Waals surface area contributed by atoms with Gasteiger partial charge in [-0.3, -0.25) is 0 Å². The number of amides is 2. The number of imide groups is 1. The summed E-state index contributed by atoms with van der Waals surface area (Å²) in [6, 6.07) is 1.21. The molecule has 2 heterocycles. The first-order valence-electron chi connectivity index (χ1n) is 8.54. The van der Waals surface area contributed by atoms with Crippen LogP contribution in [0.15, 0.2) is 10.6 Å². The molecule has 2 rings (SSSR count). The minimum atomic E-state index is -1.03. The lowest BCUT2D eigenvalue weighted by Crippen LogP contribution is -2.44. The summed E-state index contributed by atoms with van der Waals surface area (Å²) in [5, 5.41) is 3.63. The predicted octanol–water partition coefficient (Wildman–Crippen LogP) is 4.34. The van der Waals surface area contributed by atoms with Gasteiger partial charge >= 0.3 is 18.2 Å². The highest BCUT2D eigenvalue weighted by molar-refractivity contribution is 6.31. The van der Waals surface area contributed by atoms with Gasteiger partial charge in [-0.2, -0.15) is 4.90 Å². The van der Waals surface area contributed by atoms with Crippen LogP contribution in [0.2, 0.25) is 5.15 Å². The fourth-order valence-corrected chi connectivity index (χ4v) is 2.35. The van der Waals surface area contributed by atoms with E-state index in [1.807, 2.05) is 0 Å². The van der Waals surface area contributed by atoms with E-state index < -0.39 is 29.4 Å². The maximum absolute atomic E-state index is 12.8.